The van der Waals surface area contributed by atoms with E-state index >= 15 is 0 Å². The zero-order valence-electron chi connectivity index (χ0n) is 11.1. The molecular weight excluding hydrogens is 254 g/mol. The van der Waals surface area contributed by atoms with Crippen LogP contribution in [0, 0.1) is 0 Å². The van der Waals surface area contributed by atoms with Crippen molar-refractivity contribution in [1.29, 1.82) is 0 Å². The SMILES string of the molecule is Cn1c(CO)nc2ccc(Oc3ccc(N)cc3)cc21. The zero-order valence-corrected chi connectivity index (χ0v) is 11.1. The maximum Gasteiger partial charge on any atom is 0.135 e. The summed E-state index contributed by atoms with van der Waals surface area (Å²) in [6.45, 7) is -0.0840. The van der Waals surface area contributed by atoms with Gasteiger partial charge >= 0.3 is 0 Å². The number of fused-ring (bicyclic) bond motifs is 1. The molecule has 0 amide bonds. The van der Waals surface area contributed by atoms with Gasteiger partial charge in [0, 0.05) is 18.8 Å². The summed E-state index contributed by atoms with van der Waals surface area (Å²) in [6, 6.07) is 12.9. The number of benzene rings is 2. The quantitative estimate of drug-likeness (QED) is 0.716. The van der Waals surface area contributed by atoms with E-state index in [0.29, 0.717) is 11.5 Å². The first-order valence-electron chi connectivity index (χ1n) is 6.27. The Bertz CT molecular complexity index is 748. The van der Waals surface area contributed by atoms with Crippen LogP contribution >= 0.6 is 0 Å². The number of aliphatic hydroxyl groups is 1. The predicted octanol–water partition coefficient (Wildman–Crippen LogP) is 2.44. The fraction of sp³-hybridized carbons (Fsp3) is 0.133. The summed E-state index contributed by atoms with van der Waals surface area (Å²) in [4.78, 5) is 4.33. The van der Waals surface area contributed by atoms with Crippen LogP contribution < -0.4 is 10.5 Å². The largest absolute Gasteiger partial charge is 0.457 e. The van der Waals surface area contributed by atoms with E-state index in [4.69, 9.17) is 10.5 Å². The van der Waals surface area contributed by atoms with Gasteiger partial charge in [0.15, 0.2) is 0 Å². The Labute approximate surface area is 116 Å². The average Bonchev–Trinajstić information content (AvgIpc) is 2.78. The summed E-state index contributed by atoms with van der Waals surface area (Å²) < 4.78 is 7.63. The van der Waals surface area contributed by atoms with Crippen LogP contribution in [0.5, 0.6) is 11.5 Å². The smallest absolute Gasteiger partial charge is 0.135 e. The fourth-order valence-electron chi connectivity index (χ4n) is 2.10. The molecule has 102 valence electrons. The van der Waals surface area contributed by atoms with E-state index in [0.717, 1.165) is 22.5 Å². The van der Waals surface area contributed by atoms with Gasteiger partial charge in [-0.3, -0.25) is 0 Å². The summed E-state index contributed by atoms with van der Waals surface area (Å²) in [5.41, 5.74) is 8.10. The molecule has 0 aliphatic carbocycles. The Hall–Kier alpha value is -2.53. The molecule has 0 saturated carbocycles. The van der Waals surface area contributed by atoms with E-state index in [2.05, 4.69) is 4.98 Å². The molecule has 0 fully saturated rings. The van der Waals surface area contributed by atoms with Gasteiger partial charge in [0.2, 0.25) is 0 Å². The van der Waals surface area contributed by atoms with E-state index in [-0.39, 0.29) is 6.61 Å². The molecule has 0 bridgehead atoms. The van der Waals surface area contributed by atoms with Gasteiger partial charge in [-0.15, -0.1) is 0 Å². The molecule has 1 aromatic heterocycles. The number of nitrogens with two attached hydrogens (primary N) is 1. The van der Waals surface area contributed by atoms with Crippen molar-refractivity contribution in [3.63, 3.8) is 0 Å². The van der Waals surface area contributed by atoms with Gasteiger partial charge in [-0.2, -0.15) is 0 Å². The Morgan fingerprint density at radius 2 is 1.85 bits per heavy atom. The highest BCUT2D eigenvalue weighted by Gasteiger charge is 2.08. The van der Waals surface area contributed by atoms with Crippen molar-refractivity contribution in [3.05, 3.63) is 48.3 Å². The van der Waals surface area contributed by atoms with Crippen LogP contribution in [0.25, 0.3) is 11.0 Å². The van der Waals surface area contributed by atoms with Crippen molar-refractivity contribution in [1.82, 2.24) is 9.55 Å². The fourth-order valence-corrected chi connectivity index (χ4v) is 2.10. The summed E-state index contributed by atoms with van der Waals surface area (Å²) in [6.07, 6.45) is 0. The maximum atomic E-state index is 9.22. The third-order valence-corrected chi connectivity index (χ3v) is 3.20. The second-order valence-electron chi connectivity index (χ2n) is 4.57. The maximum absolute atomic E-state index is 9.22. The Kier molecular flexibility index (Phi) is 3.04. The minimum absolute atomic E-state index is 0.0840. The third kappa shape index (κ3) is 2.19. The average molecular weight is 269 g/mol. The standard InChI is InChI=1S/C15H15N3O2/c1-18-14-8-12(6-7-13(14)17-15(18)9-19)20-11-4-2-10(16)3-5-11/h2-8,19H,9,16H2,1H3. The molecule has 0 saturated heterocycles. The van der Waals surface area contributed by atoms with Gasteiger partial charge in [-0.1, -0.05) is 0 Å². The van der Waals surface area contributed by atoms with E-state index in [1.807, 2.05) is 41.9 Å². The number of aliphatic hydroxyl groups excluding tert-OH is 1. The molecule has 5 nitrogen and oxygen atoms in total. The Morgan fingerprint density at radius 1 is 1.15 bits per heavy atom. The van der Waals surface area contributed by atoms with Crippen LogP contribution in [-0.4, -0.2) is 14.7 Å². The zero-order chi connectivity index (χ0) is 14.1. The summed E-state index contributed by atoms with van der Waals surface area (Å²) in [7, 11) is 1.87. The van der Waals surface area contributed by atoms with Crippen molar-refractivity contribution >= 4 is 16.7 Å². The van der Waals surface area contributed by atoms with Gasteiger partial charge in [0.25, 0.3) is 0 Å². The van der Waals surface area contributed by atoms with Crippen molar-refractivity contribution in [3.8, 4) is 11.5 Å². The highest BCUT2D eigenvalue weighted by atomic mass is 16.5. The monoisotopic (exact) mass is 269 g/mol. The van der Waals surface area contributed by atoms with Gasteiger partial charge in [0.1, 0.15) is 23.9 Å². The molecule has 20 heavy (non-hydrogen) atoms. The number of anilines is 1. The molecular formula is C15H15N3O2. The number of imidazole rings is 1. The second-order valence-corrected chi connectivity index (χ2v) is 4.57. The molecule has 3 N–H and O–H groups in total. The topological polar surface area (TPSA) is 73.3 Å². The third-order valence-electron chi connectivity index (χ3n) is 3.20. The normalized spacial score (nSPS) is 10.9. The number of hydrogen-bond donors (Lipinski definition) is 2. The molecule has 0 atom stereocenters. The molecule has 0 spiro atoms. The van der Waals surface area contributed by atoms with Crippen LogP contribution in [0.2, 0.25) is 0 Å². The number of ether oxygens (including phenoxy) is 1. The van der Waals surface area contributed by atoms with Crippen LogP contribution in [0.4, 0.5) is 5.69 Å². The lowest BCUT2D eigenvalue weighted by atomic mass is 10.3. The summed E-state index contributed by atoms with van der Waals surface area (Å²) in [5, 5.41) is 9.22. The predicted molar refractivity (Wildman–Crippen MR) is 77.6 cm³/mol. The lowest BCUT2D eigenvalue weighted by Crippen LogP contribution is -1.96. The first-order chi connectivity index (χ1) is 9.67. The lowest BCUT2D eigenvalue weighted by Gasteiger charge is -2.06. The number of aromatic nitrogens is 2. The molecule has 5 heteroatoms. The van der Waals surface area contributed by atoms with Crippen molar-refractivity contribution in [2.24, 2.45) is 7.05 Å². The highest BCUT2D eigenvalue weighted by molar-refractivity contribution is 5.77. The number of rotatable bonds is 3. The van der Waals surface area contributed by atoms with E-state index < -0.39 is 0 Å². The first kappa shape index (κ1) is 12.5. The van der Waals surface area contributed by atoms with Crippen LogP contribution in [0.15, 0.2) is 42.5 Å². The second kappa shape index (κ2) is 4.86. The number of nitrogen functional groups attached to an aromatic ring is 1. The molecule has 0 aliphatic heterocycles. The molecule has 2 aromatic carbocycles. The number of aryl methyl sites for hydroxylation is 1. The Morgan fingerprint density at radius 3 is 2.55 bits per heavy atom. The van der Waals surface area contributed by atoms with E-state index in [1.54, 1.807) is 12.1 Å². The minimum atomic E-state index is -0.0840. The summed E-state index contributed by atoms with van der Waals surface area (Å²) >= 11 is 0. The molecule has 0 unspecified atom stereocenters. The minimum Gasteiger partial charge on any atom is -0.457 e. The van der Waals surface area contributed by atoms with Crippen LogP contribution in [-0.2, 0) is 13.7 Å². The molecule has 1 heterocycles. The Balaban J connectivity index is 1.96. The number of hydrogen-bond acceptors (Lipinski definition) is 4. The van der Waals surface area contributed by atoms with Crippen molar-refractivity contribution in [2.75, 3.05) is 5.73 Å². The van der Waals surface area contributed by atoms with Crippen LogP contribution in [0.3, 0.4) is 0 Å². The molecule has 3 rings (SSSR count). The van der Waals surface area contributed by atoms with Crippen molar-refractivity contribution in [2.45, 2.75) is 6.61 Å². The van der Waals surface area contributed by atoms with E-state index in [9.17, 15) is 5.11 Å². The van der Waals surface area contributed by atoms with Crippen LogP contribution in [0.1, 0.15) is 5.82 Å². The molecule has 0 aliphatic rings. The summed E-state index contributed by atoms with van der Waals surface area (Å²) in [5.74, 6) is 2.07. The van der Waals surface area contributed by atoms with Gasteiger partial charge in [-0.05, 0) is 36.4 Å². The highest BCUT2D eigenvalue weighted by Crippen LogP contribution is 2.26. The van der Waals surface area contributed by atoms with Gasteiger partial charge in [0.05, 0.1) is 11.0 Å². The molecule has 3 aromatic rings. The van der Waals surface area contributed by atoms with Crippen molar-refractivity contribution < 1.29 is 9.84 Å². The van der Waals surface area contributed by atoms with E-state index in [1.165, 1.54) is 0 Å². The van der Waals surface area contributed by atoms with Gasteiger partial charge < -0.3 is 20.1 Å². The molecule has 0 radical (unpaired) electrons. The first-order valence-corrected chi connectivity index (χ1v) is 6.27. The number of nitrogens with zero attached hydrogens (tertiary/aromatic N) is 2. The van der Waals surface area contributed by atoms with Gasteiger partial charge in [-0.25, -0.2) is 4.98 Å². The lowest BCUT2D eigenvalue weighted by molar-refractivity contribution is 0.268.